The Bertz CT molecular complexity index is 460. The molecule has 1 saturated heterocycles. The van der Waals surface area contributed by atoms with E-state index in [2.05, 4.69) is 47.0 Å². The molecule has 0 spiro atoms. The molecule has 21 heavy (non-hydrogen) atoms. The quantitative estimate of drug-likeness (QED) is 0.803. The van der Waals surface area contributed by atoms with Crippen molar-refractivity contribution in [3.8, 4) is 0 Å². The van der Waals surface area contributed by atoms with Crippen LogP contribution in [0.25, 0.3) is 0 Å². The van der Waals surface area contributed by atoms with Crippen LogP contribution in [-0.4, -0.2) is 29.1 Å². The van der Waals surface area contributed by atoms with Crippen LogP contribution in [0.5, 0.6) is 0 Å². The fourth-order valence-electron chi connectivity index (χ4n) is 2.62. The number of anilines is 2. The summed E-state index contributed by atoms with van der Waals surface area (Å²) in [5.41, 5.74) is 1.39. The van der Waals surface area contributed by atoms with Crippen LogP contribution in [0.3, 0.4) is 0 Å². The average Bonchev–Trinajstić information content (AvgIpc) is 2.48. The van der Waals surface area contributed by atoms with E-state index in [9.17, 15) is 0 Å². The molecule has 0 radical (unpaired) electrons. The summed E-state index contributed by atoms with van der Waals surface area (Å²) < 4.78 is 0. The third kappa shape index (κ3) is 5.37. The van der Waals surface area contributed by atoms with Gasteiger partial charge in [-0.2, -0.15) is 4.98 Å². The van der Waals surface area contributed by atoms with Crippen molar-refractivity contribution in [2.75, 3.05) is 23.3 Å². The molecule has 4 heteroatoms. The van der Waals surface area contributed by atoms with Crippen molar-refractivity contribution in [2.45, 2.75) is 58.9 Å². The van der Waals surface area contributed by atoms with Gasteiger partial charge in [-0.15, -0.1) is 0 Å². The topological polar surface area (TPSA) is 41.1 Å². The predicted molar refractivity (Wildman–Crippen MR) is 89.8 cm³/mol. The lowest BCUT2D eigenvalue weighted by molar-refractivity contribution is 0.568. The number of hydrogen-bond donors (Lipinski definition) is 1. The predicted octanol–water partition coefficient (Wildman–Crippen LogP) is 4.01. The van der Waals surface area contributed by atoms with Gasteiger partial charge in [0.25, 0.3) is 0 Å². The van der Waals surface area contributed by atoms with E-state index in [1.54, 1.807) is 0 Å². The summed E-state index contributed by atoms with van der Waals surface area (Å²) in [5.74, 6) is 1.81. The van der Waals surface area contributed by atoms with Crippen LogP contribution in [0.15, 0.2) is 23.9 Å². The lowest BCUT2D eigenvalue weighted by atomic mass is 10.1. The highest BCUT2D eigenvalue weighted by atomic mass is 15.3. The monoisotopic (exact) mass is 288 g/mol. The van der Waals surface area contributed by atoms with E-state index in [1.807, 2.05) is 12.3 Å². The zero-order valence-electron chi connectivity index (χ0n) is 13.6. The van der Waals surface area contributed by atoms with Crippen LogP contribution in [0.2, 0.25) is 0 Å². The number of nitrogens with one attached hydrogen (secondary N) is 1. The first-order valence-electron chi connectivity index (χ1n) is 8.13. The van der Waals surface area contributed by atoms with E-state index >= 15 is 0 Å². The van der Waals surface area contributed by atoms with E-state index in [0.717, 1.165) is 37.7 Å². The molecule has 1 fully saturated rings. The Morgan fingerprint density at radius 2 is 2.10 bits per heavy atom. The van der Waals surface area contributed by atoms with Gasteiger partial charge in [-0.3, -0.25) is 0 Å². The number of allylic oxidation sites excluding steroid dienone is 2. The molecular formula is C17H28N4. The molecule has 1 N–H and O–H groups in total. The van der Waals surface area contributed by atoms with Gasteiger partial charge in [-0.05, 0) is 58.9 Å². The van der Waals surface area contributed by atoms with Crippen LogP contribution in [0.4, 0.5) is 11.8 Å². The Labute approximate surface area is 128 Å². The van der Waals surface area contributed by atoms with Crippen molar-refractivity contribution in [2.24, 2.45) is 0 Å². The second-order valence-electron chi connectivity index (χ2n) is 6.19. The molecule has 1 atom stereocenters. The highest BCUT2D eigenvalue weighted by molar-refractivity contribution is 5.42. The molecule has 1 unspecified atom stereocenters. The van der Waals surface area contributed by atoms with Gasteiger partial charge >= 0.3 is 0 Å². The van der Waals surface area contributed by atoms with Crippen molar-refractivity contribution in [1.82, 2.24) is 9.97 Å². The van der Waals surface area contributed by atoms with Crippen LogP contribution in [-0.2, 0) is 0 Å². The highest BCUT2D eigenvalue weighted by Gasteiger charge is 2.13. The minimum atomic E-state index is 0.421. The van der Waals surface area contributed by atoms with Crippen LogP contribution < -0.4 is 10.2 Å². The third-order valence-corrected chi connectivity index (χ3v) is 3.83. The van der Waals surface area contributed by atoms with Gasteiger partial charge in [0.05, 0.1) is 0 Å². The Morgan fingerprint density at radius 3 is 2.81 bits per heavy atom. The lowest BCUT2D eigenvalue weighted by Crippen LogP contribution is -2.31. The van der Waals surface area contributed by atoms with Gasteiger partial charge in [0, 0.05) is 25.3 Å². The first kappa shape index (κ1) is 15.8. The van der Waals surface area contributed by atoms with E-state index in [1.165, 1.54) is 24.8 Å². The van der Waals surface area contributed by atoms with Gasteiger partial charge in [0.1, 0.15) is 5.82 Å². The summed E-state index contributed by atoms with van der Waals surface area (Å²) >= 11 is 0. The zero-order chi connectivity index (χ0) is 15.1. The van der Waals surface area contributed by atoms with E-state index in [0.29, 0.717) is 6.04 Å². The molecule has 0 aliphatic carbocycles. The van der Waals surface area contributed by atoms with E-state index < -0.39 is 0 Å². The molecule has 0 saturated carbocycles. The summed E-state index contributed by atoms with van der Waals surface area (Å²) in [7, 11) is 0. The molecular weight excluding hydrogens is 260 g/mol. The maximum absolute atomic E-state index is 4.67. The smallest absolute Gasteiger partial charge is 0.227 e. The fourth-order valence-corrected chi connectivity index (χ4v) is 2.62. The molecule has 1 aromatic rings. The highest BCUT2D eigenvalue weighted by Crippen LogP contribution is 2.17. The minimum Gasteiger partial charge on any atom is -0.367 e. The number of piperidine rings is 1. The first-order chi connectivity index (χ1) is 10.1. The van der Waals surface area contributed by atoms with Crippen LogP contribution in [0.1, 0.15) is 52.9 Å². The van der Waals surface area contributed by atoms with Gasteiger partial charge < -0.3 is 10.2 Å². The maximum atomic E-state index is 4.67. The minimum absolute atomic E-state index is 0.421. The largest absolute Gasteiger partial charge is 0.367 e. The molecule has 0 amide bonds. The van der Waals surface area contributed by atoms with E-state index in [-0.39, 0.29) is 0 Å². The Kier molecular flexibility index (Phi) is 6.03. The number of aromatic nitrogens is 2. The average molecular weight is 288 g/mol. The van der Waals surface area contributed by atoms with Crippen molar-refractivity contribution in [1.29, 1.82) is 0 Å². The number of nitrogens with zero attached hydrogens (tertiary/aromatic N) is 3. The molecule has 4 nitrogen and oxygen atoms in total. The van der Waals surface area contributed by atoms with Gasteiger partial charge in [0.2, 0.25) is 5.95 Å². The molecule has 1 aliphatic heterocycles. The first-order valence-corrected chi connectivity index (χ1v) is 8.13. The summed E-state index contributed by atoms with van der Waals surface area (Å²) in [6.45, 7) is 8.67. The van der Waals surface area contributed by atoms with Crippen LogP contribution >= 0.6 is 0 Å². The van der Waals surface area contributed by atoms with Gasteiger partial charge in [-0.1, -0.05) is 11.6 Å². The Balaban J connectivity index is 1.89. The SMILES string of the molecule is CC(C)=CCCC(C)Nc1ccnc(N2CCCCC2)n1. The molecule has 1 aromatic heterocycles. The normalized spacial score (nSPS) is 16.4. The molecule has 2 rings (SSSR count). The molecule has 116 valence electrons. The second kappa shape index (κ2) is 8.01. The molecule has 1 aliphatic rings. The van der Waals surface area contributed by atoms with Crippen molar-refractivity contribution in [3.05, 3.63) is 23.9 Å². The van der Waals surface area contributed by atoms with Gasteiger partial charge in [0.15, 0.2) is 0 Å². The van der Waals surface area contributed by atoms with Crippen molar-refractivity contribution < 1.29 is 0 Å². The fraction of sp³-hybridized carbons (Fsp3) is 0.647. The number of rotatable bonds is 6. The summed E-state index contributed by atoms with van der Waals surface area (Å²) in [6.07, 6.45) is 10.2. The third-order valence-electron chi connectivity index (χ3n) is 3.83. The zero-order valence-corrected chi connectivity index (χ0v) is 13.6. The van der Waals surface area contributed by atoms with Crippen molar-refractivity contribution in [3.63, 3.8) is 0 Å². The van der Waals surface area contributed by atoms with Gasteiger partial charge in [-0.25, -0.2) is 4.98 Å². The molecule has 0 aromatic carbocycles. The standard InChI is InChI=1S/C17H28N4/c1-14(2)8-7-9-15(3)19-16-10-11-18-17(20-16)21-12-5-4-6-13-21/h8,10-11,15H,4-7,9,12-13H2,1-3H3,(H,18,19,20). The summed E-state index contributed by atoms with van der Waals surface area (Å²) in [5, 5.41) is 3.49. The van der Waals surface area contributed by atoms with E-state index in [4.69, 9.17) is 0 Å². The van der Waals surface area contributed by atoms with Crippen molar-refractivity contribution >= 4 is 11.8 Å². The Morgan fingerprint density at radius 1 is 1.33 bits per heavy atom. The second-order valence-corrected chi connectivity index (χ2v) is 6.19. The summed E-state index contributed by atoms with van der Waals surface area (Å²) in [4.78, 5) is 11.4. The molecule has 0 bridgehead atoms. The maximum Gasteiger partial charge on any atom is 0.227 e. The Hall–Kier alpha value is -1.58. The summed E-state index contributed by atoms with van der Waals surface area (Å²) in [6, 6.07) is 2.38. The molecule has 2 heterocycles. The number of hydrogen-bond acceptors (Lipinski definition) is 4. The van der Waals surface area contributed by atoms with Crippen LogP contribution in [0, 0.1) is 0 Å². The lowest BCUT2D eigenvalue weighted by Gasteiger charge is -2.27.